The predicted octanol–water partition coefficient (Wildman–Crippen LogP) is 3.19. The monoisotopic (exact) mass is 413 g/mol. The van der Waals surface area contributed by atoms with Gasteiger partial charge >= 0.3 is 6.18 Å². The summed E-state index contributed by atoms with van der Waals surface area (Å²) in [6.45, 7) is 3.93. The zero-order valence-electron chi connectivity index (χ0n) is 16.1. The fourth-order valence-corrected chi connectivity index (χ4v) is 3.49. The minimum atomic E-state index is -4.56. The van der Waals surface area contributed by atoms with Crippen molar-refractivity contribution >= 4 is 11.5 Å². The molecule has 0 unspecified atom stereocenters. The van der Waals surface area contributed by atoms with Crippen molar-refractivity contribution in [3.63, 3.8) is 0 Å². The molecule has 0 N–H and O–H groups in total. The lowest BCUT2D eigenvalue weighted by Crippen LogP contribution is -2.47. The van der Waals surface area contributed by atoms with Crippen LogP contribution in [0.4, 0.5) is 24.7 Å². The van der Waals surface area contributed by atoms with Gasteiger partial charge in [-0.3, -0.25) is 0 Å². The van der Waals surface area contributed by atoms with Gasteiger partial charge in [0.1, 0.15) is 6.07 Å². The molecule has 0 atom stereocenters. The highest BCUT2D eigenvalue weighted by atomic mass is 19.4. The first-order valence-corrected chi connectivity index (χ1v) is 9.33. The fraction of sp³-hybridized carbons (Fsp3) is 0.300. The van der Waals surface area contributed by atoms with Crippen LogP contribution in [0.1, 0.15) is 16.8 Å². The van der Waals surface area contributed by atoms with Crippen molar-refractivity contribution in [3.8, 4) is 11.9 Å². The second-order valence-electron chi connectivity index (χ2n) is 6.93. The first-order chi connectivity index (χ1) is 14.4. The molecule has 1 fully saturated rings. The molecule has 0 radical (unpaired) electrons. The van der Waals surface area contributed by atoms with E-state index in [0.717, 1.165) is 11.8 Å². The van der Waals surface area contributed by atoms with Crippen LogP contribution in [0.15, 0.2) is 42.6 Å². The highest BCUT2D eigenvalue weighted by Crippen LogP contribution is 2.36. The molecule has 7 nitrogen and oxygen atoms in total. The predicted molar refractivity (Wildman–Crippen MR) is 104 cm³/mol. The maximum atomic E-state index is 13.2. The standard InChI is InChI=1S/C20H18F3N7/c1-14-7-8-30(27-14)19-6-5-18(25-26-19)29-11-9-28(10-12-29)17-4-2-3-16(15(17)13-24)20(21,22)23/h2-8H,9-12H2,1H3. The van der Waals surface area contributed by atoms with Crippen LogP contribution in [-0.4, -0.2) is 46.2 Å². The van der Waals surface area contributed by atoms with E-state index in [1.165, 1.54) is 6.07 Å². The van der Waals surface area contributed by atoms with Gasteiger partial charge in [-0.05, 0) is 37.3 Å². The van der Waals surface area contributed by atoms with E-state index in [1.54, 1.807) is 27.9 Å². The van der Waals surface area contributed by atoms with E-state index in [0.29, 0.717) is 43.5 Å². The fourth-order valence-electron chi connectivity index (χ4n) is 3.49. The molecule has 0 amide bonds. The number of rotatable bonds is 3. The molecule has 0 saturated carbocycles. The summed E-state index contributed by atoms with van der Waals surface area (Å²) in [5, 5.41) is 22.1. The van der Waals surface area contributed by atoms with E-state index in [4.69, 9.17) is 0 Å². The number of nitrogens with zero attached hydrogens (tertiary/aromatic N) is 7. The van der Waals surface area contributed by atoms with Crippen molar-refractivity contribution in [2.45, 2.75) is 13.1 Å². The van der Waals surface area contributed by atoms with Crippen LogP contribution in [0.25, 0.3) is 5.82 Å². The number of benzene rings is 1. The molecule has 0 bridgehead atoms. The summed E-state index contributed by atoms with van der Waals surface area (Å²) >= 11 is 0. The van der Waals surface area contributed by atoms with E-state index >= 15 is 0 Å². The van der Waals surface area contributed by atoms with Crippen molar-refractivity contribution in [2.24, 2.45) is 0 Å². The lowest BCUT2D eigenvalue weighted by molar-refractivity contribution is -0.137. The minimum Gasteiger partial charge on any atom is -0.367 e. The maximum absolute atomic E-state index is 13.2. The molecule has 3 aromatic rings. The molecule has 4 rings (SSSR count). The first-order valence-electron chi connectivity index (χ1n) is 9.33. The van der Waals surface area contributed by atoms with Crippen LogP contribution in [0, 0.1) is 18.3 Å². The number of aromatic nitrogens is 4. The van der Waals surface area contributed by atoms with Crippen LogP contribution in [-0.2, 0) is 6.18 Å². The summed E-state index contributed by atoms with van der Waals surface area (Å²) in [6, 6.07) is 11.1. The first kappa shape index (κ1) is 19.7. The summed E-state index contributed by atoms with van der Waals surface area (Å²) in [6.07, 6.45) is -2.76. The van der Waals surface area contributed by atoms with Gasteiger partial charge in [0, 0.05) is 32.4 Å². The van der Waals surface area contributed by atoms with E-state index < -0.39 is 11.7 Å². The number of aryl methyl sites for hydroxylation is 1. The van der Waals surface area contributed by atoms with Gasteiger partial charge in [-0.1, -0.05) is 6.07 Å². The zero-order valence-corrected chi connectivity index (χ0v) is 16.1. The van der Waals surface area contributed by atoms with Crippen molar-refractivity contribution < 1.29 is 13.2 Å². The van der Waals surface area contributed by atoms with Crippen molar-refractivity contribution in [1.29, 1.82) is 5.26 Å². The third kappa shape index (κ3) is 3.78. The number of alkyl halides is 3. The molecule has 154 valence electrons. The Balaban J connectivity index is 1.48. The van der Waals surface area contributed by atoms with E-state index in [1.807, 2.05) is 30.0 Å². The van der Waals surface area contributed by atoms with Crippen molar-refractivity contribution in [2.75, 3.05) is 36.0 Å². The van der Waals surface area contributed by atoms with Gasteiger partial charge in [-0.2, -0.15) is 23.5 Å². The number of nitriles is 1. The second-order valence-corrected chi connectivity index (χ2v) is 6.93. The van der Waals surface area contributed by atoms with Crippen LogP contribution >= 0.6 is 0 Å². The molecule has 1 aliphatic heterocycles. The van der Waals surface area contributed by atoms with Crippen LogP contribution in [0.3, 0.4) is 0 Å². The highest BCUT2D eigenvalue weighted by molar-refractivity contribution is 5.64. The molecule has 1 saturated heterocycles. The average Bonchev–Trinajstić information content (AvgIpc) is 3.19. The molecule has 0 aliphatic carbocycles. The van der Waals surface area contributed by atoms with Crippen molar-refractivity contribution in [1.82, 2.24) is 20.0 Å². The number of piperazine rings is 1. The summed E-state index contributed by atoms with van der Waals surface area (Å²) in [5.41, 5.74) is -0.0526. The Hall–Kier alpha value is -3.61. The van der Waals surface area contributed by atoms with Gasteiger partial charge in [0.15, 0.2) is 11.6 Å². The van der Waals surface area contributed by atoms with E-state index in [2.05, 4.69) is 15.3 Å². The largest absolute Gasteiger partial charge is 0.417 e. The van der Waals surface area contributed by atoms with Crippen molar-refractivity contribution in [3.05, 3.63) is 59.4 Å². The number of hydrogen-bond donors (Lipinski definition) is 0. The normalized spacial score (nSPS) is 14.6. The molecular formula is C20H18F3N7. The SMILES string of the molecule is Cc1ccn(-c2ccc(N3CCN(c4cccc(C(F)(F)F)c4C#N)CC3)nn2)n1. The number of halogens is 3. The Morgan fingerprint density at radius 3 is 2.17 bits per heavy atom. The summed E-state index contributed by atoms with van der Waals surface area (Å²) in [5.74, 6) is 1.29. The summed E-state index contributed by atoms with van der Waals surface area (Å²) < 4.78 is 41.3. The summed E-state index contributed by atoms with van der Waals surface area (Å²) in [7, 11) is 0. The molecule has 1 aliphatic rings. The van der Waals surface area contributed by atoms with Crippen LogP contribution in [0.5, 0.6) is 0 Å². The quantitative estimate of drug-likeness (QED) is 0.657. The smallest absolute Gasteiger partial charge is 0.367 e. The molecule has 3 heterocycles. The maximum Gasteiger partial charge on any atom is 0.417 e. The summed E-state index contributed by atoms with van der Waals surface area (Å²) in [4.78, 5) is 3.82. The molecule has 0 spiro atoms. The molecule has 1 aromatic carbocycles. The van der Waals surface area contributed by atoms with Gasteiger partial charge in [0.25, 0.3) is 0 Å². The van der Waals surface area contributed by atoms with Gasteiger partial charge in [-0.25, -0.2) is 4.68 Å². The van der Waals surface area contributed by atoms with Gasteiger partial charge < -0.3 is 9.80 Å². The van der Waals surface area contributed by atoms with Gasteiger partial charge in [-0.15, -0.1) is 10.2 Å². The van der Waals surface area contributed by atoms with Crippen LogP contribution in [0.2, 0.25) is 0 Å². The third-order valence-corrected chi connectivity index (χ3v) is 5.00. The molecule has 30 heavy (non-hydrogen) atoms. The third-order valence-electron chi connectivity index (χ3n) is 5.00. The Morgan fingerprint density at radius 1 is 0.933 bits per heavy atom. The zero-order chi connectivity index (χ0) is 21.3. The second kappa shape index (κ2) is 7.67. The average molecular weight is 413 g/mol. The lowest BCUT2D eigenvalue weighted by atomic mass is 10.0. The lowest BCUT2D eigenvalue weighted by Gasteiger charge is -2.37. The minimum absolute atomic E-state index is 0.308. The number of anilines is 2. The Labute approximate surface area is 171 Å². The van der Waals surface area contributed by atoms with Gasteiger partial charge in [0.2, 0.25) is 0 Å². The Morgan fingerprint density at radius 2 is 1.60 bits per heavy atom. The highest BCUT2D eigenvalue weighted by Gasteiger charge is 2.35. The topological polar surface area (TPSA) is 73.9 Å². The van der Waals surface area contributed by atoms with Gasteiger partial charge in [0.05, 0.1) is 22.5 Å². The molecule has 10 heteroatoms. The Bertz CT molecular complexity index is 1080. The van der Waals surface area contributed by atoms with Crippen LogP contribution < -0.4 is 9.80 Å². The van der Waals surface area contributed by atoms with E-state index in [-0.39, 0.29) is 5.56 Å². The molecular weight excluding hydrogens is 395 g/mol. The van der Waals surface area contributed by atoms with E-state index in [9.17, 15) is 18.4 Å². The molecule has 2 aromatic heterocycles. The Kier molecular flexibility index (Phi) is 5.03. The number of hydrogen-bond acceptors (Lipinski definition) is 6.